The van der Waals surface area contributed by atoms with E-state index in [1.165, 1.54) is 19.1 Å². The van der Waals surface area contributed by atoms with Crippen LogP contribution in [0.3, 0.4) is 0 Å². The lowest BCUT2D eigenvalue weighted by atomic mass is 9.93. The molecular formula is C30H29NO6. The quantitative estimate of drug-likeness (QED) is 0.223. The molecule has 0 aromatic heterocycles. The predicted octanol–water partition coefficient (Wildman–Crippen LogP) is 4.96. The molecule has 0 spiro atoms. The van der Waals surface area contributed by atoms with Gasteiger partial charge in [-0.3, -0.25) is 19.3 Å². The minimum Gasteiger partial charge on any atom is -0.507 e. The number of nitrogens with zero attached hydrogens (tertiary/aromatic N) is 1. The van der Waals surface area contributed by atoms with Crippen LogP contribution in [0.25, 0.3) is 5.76 Å². The number of hydrogen-bond acceptors (Lipinski definition) is 6. The lowest BCUT2D eigenvalue weighted by molar-refractivity contribution is -0.139. The first kappa shape index (κ1) is 25.7. The highest BCUT2D eigenvalue weighted by Crippen LogP contribution is 2.44. The van der Waals surface area contributed by atoms with Gasteiger partial charge in [0.2, 0.25) is 0 Å². The first-order valence-electron chi connectivity index (χ1n) is 11.8. The number of ketones is 1. The molecule has 0 bridgehead atoms. The first-order valence-corrected chi connectivity index (χ1v) is 11.8. The first-order chi connectivity index (χ1) is 17.7. The monoisotopic (exact) mass is 499 g/mol. The van der Waals surface area contributed by atoms with Crippen LogP contribution in [0.5, 0.6) is 5.75 Å². The molecule has 4 rings (SSSR count). The molecule has 1 saturated heterocycles. The Labute approximate surface area is 215 Å². The Morgan fingerprint density at radius 2 is 1.65 bits per heavy atom. The minimum atomic E-state index is -0.864. The number of amides is 1. The maximum absolute atomic E-state index is 13.5. The van der Waals surface area contributed by atoms with Crippen molar-refractivity contribution in [1.82, 2.24) is 0 Å². The van der Waals surface area contributed by atoms with Crippen molar-refractivity contribution in [3.8, 4) is 5.75 Å². The largest absolute Gasteiger partial charge is 0.507 e. The van der Waals surface area contributed by atoms with Gasteiger partial charge in [0.15, 0.2) is 0 Å². The van der Waals surface area contributed by atoms with Crippen molar-refractivity contribution >= 4 is 29.1 Å². The number of carbonyl (C=O) groups excluding carboxylic acids is 3. The highest BCUT2D eigenvalue weighted by atomic mass is 16.5. The molecule has 3 aromatic rings. The zero-order valence-electron chi connectivity index (χ0n) is 21.5. The van der Waals surface area contributed by atoms with Crippen molar-refractivity contribution in [2.24, 2.45) is 0 Å². The highest BCUT2D eigenvalue weighted by molar-refractivity contribution is 6.51. The fraction of sp³-hybridized carbons (Fsp3) is 0.233. The van der Waals surface area contributed by atoms with Gasteiger partial charge in [-0.25, -0.2) is 0 Å². The van der Waals surface area contributed by atoms with Gasteiger partial charge in [-0.15, -0.1) is 0 Å². The molecule has 3 aromatic carbocycles. The van der Waals surface area contributed by atoms with E-state index in [1.807, 2.05) is 51.1 Å². The average molecular weight is 500 g/mol. The van der Waals surface area contributed by atoms with Crippen LogP contribution in [0.1, 0.15) is 39.4 Å². The van der Waals surface area contributed by atoms with Gasteiger partial charge in [-0.05, 0) is 61.2 Å². The molecule has 1 heterocycles. The number of methoxy groups -OCH3 is 2. The number of ether oxygens (including phenoxy) is 2. The molecule has 1 aliphatic rings. The summed E-state index contributed by atoms with van der Waals surface area (Å²) in [5.41, 5.74) is 4.81. The molecule has 1 fully saturated rings. The second-order valence-electron chi connectivity index (χ2n) is 9.17. The van der Waals surface area contributed by atoms with Gasteiger partial charge in [0.05, 0.1) is 37.8 Å². The Morgan fingerprint density at radius 3 is 2.27 bits per heavy atom. The van der Waals surface area contributed by atoms with Crippen LogP contribution in [0, 0.1) is 20.8 Å². The third-order valence-electron chi connectivity index (χ3n) is 6.47. The molecule has 7 nitrogen and oxygen atoms in total. The number of benzene rings is 3. The van der Waals surface area contributed by atoms with E-state index in [2.05, 4.69) is 0 Å². The van der Waals surface area contributed by atoms with Crippen molar-refractivity contribution in [3.05, 3.63) is 99.6 Å². The van der Waals surface area contributed by atoms with Gasteiger partial charge in [-0.2, -0.15) is 0 Å². The maximum Gasteiger partial charge on any atom is 0.309 e. The summed E-state index contributed by atoms with van der Waals surface area (Å²) in [7, 11) is 2.82. The zero-order chi connectivity index (χ0) is 26.9. The van der Waals surface area contributed by atoms with Crippen molar-refractivity contribution in [3.63, 3.8) is 0 Å². The van der Waals surface area contributed by atoms with E-state index in [-0.39, 0.29) is 23.7 Å². The van der Waals surface area contributed by atoms with E-state index < -0.39 is 17.7 Å². The van der Waals surface area contributed by atoms with Gasteiger partial charge in [0, 0.05) is 5.69 Å². The van der Waals surface area contributed by atoms with Crippen molar-refractivity contribution in [2.75, 3.05) is 19.1 Å². The number of esters is 1. The summed E-state index contributed by atoms with van der Waals surface area (Å²) in [6.45, 7) is 5.66. The number of aryl methyl sites for hydroxylation is 3. The van der Waals surface area contributed by atoms with Crippen LogP contribution in [0.15, 0.2) is 66.2 Å². The van der Waals surface area contributed by atoms with E-state index in [9.17, 15) is 19.5 Å². The van der Waals surface area contributed by atoms with E-state index in [0.717, 1.165) is 16.7 Å². The summed E-state index contributed by atoms with van der Waals surface area (Å²) < 4.78 is 10.3. The van der Waals surface area contributed by atoms with E-state index in [4.69, 9.17) is 9.47 Å². The number of carbonyl (C=O) groups is 3. The molecule has 1 amide bonds. The number of rotatable bonds is 6. The average Bonchev–Trinajstić information content (AvgIpc) is 3.14. The Hall–Kier alpha value is -4.39. The molecule has 37 heavy (non-hydrogen) atoms. The number of aliphatic hydroxyl groups excluding tert-OH is 1. The van der Waals surface area contributed by atoms with Gasteiger partial charge in [0.1, 0.15) is 11.5 Å². The Morgan fingerprint density at radius 1 is 0.946 bits per heavy atom. The molecule has 0 aliphatic carbocycles. The Balaban J connectivity index is 1.92. The molecular weight excluding hydrogens is 470 g/mol. The fourth-order valence-corrected chi connectivity index (χ4v) is 4.81. The summed E-state index contributed by atoms with van der Waals surface area (Å²) >= 11 is 0. The number of Topliss-reactive ketones (excluding diaryl/α,β-unsaturated/α-hetero) is 1. The third-order valence-corrected chi connectivity index (χ3v) is 6.47. The second-order valence-corrected chi connectivity index (χ2v) is 9.17. The normalized spacial score (nSPS) is 16.7. The van der Waals surface area contributed by atoms with Crippen LogP contribution in [-0.4, -0.2) is 37.0 Å². The van der Waals surface area contributed by atoms with Crippen LogP contribution >= 0.6 is 0 Å². The summed E-state index contributed by atoms with van der Waals surface area (Å²) in [5, 5.41) is 11.6. The lowest BCUT2D eigenvalue weighted by Gasteiger charge is -2.26. The predicted molar refractivity (Wildman–Crippen MR) is 141 cm³/mol. The second kappa shape index (κ2) is 10.3. The number of anilines is 1. The standard InChI is InChI=1S/C30H29NO6/c1-17-7-6-8-21(14-17)26-25(27(33)23-15-18(2)13-19(3)29(23)37-5)28(34)30(35)31(26)22-11-9-20(10-12-22)16-24(32)36-4/h6-15,26,33H,16H2,1-5H3/b27-25+. The molecule has 1 unspecified atom stereocenters. The number of hydrogen-bond donors (Lipinski definition) is 1. The molecule has 1 atom stereocenters. The van der Waals surface area contributed by atoms with Gasteiger partial charge in [-0.1, -0.05) is 48.0 Å². The number of aliphatic hydroxyl groups is 1. The lowest BCUT2D eigenvalue weighted by Crippen LogP contribution is -2.29. The minimum absolute atomic E-state index is 0.0162. The molecule has 0 radical (unpaired) electrons. The summed E-state index contributed by atoms with van der Waals surface area (Å²) in [6, 6.07) is 17.1. The van der Waals surface area contributed by atoms with Gasteiger partial charge < -0.3 is 14.6 Å². The summed E-state index contributed by atoms with van der Waals surface area (Å²) in [4.78, 5) is 40.0. The van der Waals surface area contributed by atoms with Crippen LogP contribution in [0.4, 0.5) is 5.69 Å². The zero-order valence-corrected chi connectivity index (χ0v) is 21.5. The SMILES string of the molecule is COC(=O)Cc1ccc(N2C(=O)C(=O)/C(=C(/O)c3cc(C)cc(C)c3OC)C2c2cccc(C)c2)cc1. The fourth-order valence-electron chi connectivity index (χ4n) is 4.81. The molecule has 0 saturated carbocycles. The molecule has 7 heteroatoms. The van der Waals surface area contributed by atoms with Crippen LogP contribution < -0.4 is 9.64 Å². The van der Waals surface area contributed by atoms with Gasteiger partial charge in [0.25, 0.3) is 11.7 Å². The third kappa shape index (κ3) is 4.85. The highest BCUT2D eigenvalue weighted by Gasteiger charge is 2.47. The Kier molecular flexibility index (Phi) is 7.16. The summed E-state index contributed by atoms with van der Waals surface area (Å²) in [6.07, 6.45) is 0.0867. The summed E-state index contributed by atoms with van der Waals surface area (Å²) in [5.74, 6) is -1.78. The van der Waals surface area contributed by atoms with E-state index >= 15 is 0 Å². The van der Waals surface area contributed by atoms with Gasteiger partial charge >= 0.3 is 5.97 Å². The van der Waals surface area contributed by atoms with E-state index in [0.29, 0.717) is 28.1 Å². The van der Waals surface area contributed by atoms with Crippen molar-refractivity contribution < 1.29 is 29.0 Å². The van der Waals surface area contributed by atoms with Crippen LogP contribution in [-0.2, 0) is 25.5 Å². The van der Waals surface area contributed by atoms with Crippen LogP contribution in [0.2, 0.25) is 0 Å². The van der Waals surface area contributed by atoms with E-state index in [1.54, 1.807) is 30.3 Å². The topological polar surface area (TPSA) is 93.1 Å². The van der Waals surface area contributed by atoms with Crippen molar-refractivity contribution in [2.45, 2.75) is 33.2 Å². The molecule has 1 N–H and O–H groups in total. The van der Waals surface area contributed by atoms with Crippen molar-refractivity contribution in [1.29, 1.82) is 0 Å². The maximum atomic E-state index is 13.5. The Bertz CT molecular complexity index is 1420. The smallest absolute Gasteiger partial charge is 0.309 e. The molecule has 190 valence electrons. The molecule has 1 aliphatic heterocycles.